The Balaban J connectivity index is 2.14. The maximum atomic E-state index is 12.3. The molecular formula is C15H20N2O4. The van der Waals surface area contributed by atoms with Gasteiger partial charge in [-0.05, 0) is 36.5 Å². The number of anilines is 1. The maximum absolute atomic E-state index is 12.3. The number of piperidine rings is 1. The van der Waals surface area contributed by atoms with E-state index in [4.69, 9.17) is 5.11 Å². The molecule has 1 aliphatic heterocycles. The van der Waals surface area contributed by atoms with Crippen molar-refractivity contribution >= 4 is 17.7 Å². The van der Waals surface area contributed by atoms with Crippen molar-refractivity contribution in [3.05, 3.63) is 23.8 Å². The van der Waals surface area contributed by atoms with E-state index in [1.807, 2.05) is 0 Å². The summed E-state index contributed by atoms with van der Waals surface area (Å²) < 4.78 is 0. The van der Waals surface area contributed by atoms with Crippen molar-refractivity contribution in [2.75, 3.05) is 18.4 Å². The lowest BCUT2D eigenvalue weighted by Crippen LogP contribution is -2.44. The Hall–Kier alpha value is -2.24. The van der Waals surface area contributed by atoms with E-state index in [2.05, 4.69) is 19.2 Å². The predicted molar refractivity (Wildman–Crippen MR) is 78.6 cm³/mol. The summed E-state index contributed by atoms with van der Waals surface area (Å²) in [5.74, 6) is -0.483. The fourth-order valence-corrected chi connectivity index (χ4v) is 2.84. The molecule has 0 spiro atoms. The minimum absolute atomic E-state index is 0.124. The van der Waals surface area contributed by atoms with Crippen molar-refractivity contribution in [3.63, 3.8) is 0 Å². The van der Waals surface area contributed by atoms with Gasteiger partial charge >= 0.3 is 12.0 Å². The zero-order valence-corrected chi connectivity index (χ0v) is 12.2. The van der Waals surface area contributed by atoms with E-state index >= 15 is 0 Å². The van der Waals surface area contributed by atoms with Crippen molar-refractivity contribution < 1.29 is 19.8 Å². The summed E-state index contributed by atoms with van der Waals surface area (Å²) in [6.45, 7) is 5.52. The van der Waals surface area contributed by atoms with Crippen LogP contribution in [0.2, 0.25) is 0 Å². The molecule has 1 saturated heterocycles. The number of rotatable bonds is 2. The molecule has 0 radical (unpaired) electrons. The number of urea groups is 1. The molecule has 2 amide bonds. The summed E-state index contributed by atoms with van der Waals surface area (Å²) >= 11 is 0. The van der Waals surface area contributed by atoms with Crippen LogP contribution in [0.1, 0.15) is 30.6 Å². The van der Waals surface area contributed by atoms with Gasteiger partial charge in [-0.15, -0.1) is 0 Å². The van der Waals surface area contributed by atoms with Crippen LogP contribution in [0.3, 0.4) is 0 Å². The van der Waals surface area contributed by atoms with Crippen LogP contribution in [-0.2, 0) is 0 Å². The van der Waals surface area contributed by atoms with Gasteiger partial charge in [0.25, 0.3) is 0 Å². The Kier molecular flexibility index (Phi) is 4.35. The largest absolute Gasteiger partial charge is 0.508 e. The molecule has 2 unspecified atom stereocenters. The minimum Gasteiger partial charge on any atom is -0.508 e. The minimum atomic E-state index is -1.19. The Morgan fingerprint density at radius 2 is 1.86 bits per heavy atom. The Morgan fingerprint density at radius 1 is 1.24 bits per heavy atom. The van der Waals surface area contributed by atoms with Gasteiger partial charge in [-0.25, -0.2) is 9.59 Å². The van der Waals surface area contributed by atoms with Crippen molar-refractivity contribution in [1.82, 2.24) is 4.90 Å². The van der Waals surface area contributed by atoms with Crippen molar-refractivity contribution in [2.45, 2.75) is 20.3 Å². The molecule has 1 fully saturated rings. The van der Waals surface area contributed by atoms with E-state index in [1.54, 1.807) is 4.90 Å². The number of aromatic hydroxyl groups is 1. The number of nitrogens with one attached hydrogen (secondary N) is 1. The lowest BCUT2D eigenvalue weighted by atomic mass is 9.92. The average Bonchev–Trinajstić information content (AvgIpc) is 2.39. The van der Waals surface area contributed by atoms with Gasteiger partial charge < -0.3 is 20.4 Å². The summed E-state index contributed by atoms with van der Waals surface area (Å²) in [5, 5.41) is 21.1. The molecule has 0 bridgehead atoms. The van der Waals surface area contributed by atoms with Gasteiger partial charge in [0, 0.05) is 13.1 Å². The van der Waals surface area contributed by atoms with Gasteiger partial charge in [0.2, 0.25) is 0 Å². The molecule has 1 heterocycles. The number of hydrogen-bond acceptors (Lipinski definition) is 3. The quantitative estimate of drug-likeness (QED) is 0.731. The average molecular weight is 292 g/mol. The summed E-state index contributed by atoms with van der Waals surface area (Å²) in [6.07, 6.45) is 1.09. The van der Waals surface area contributed by atoms with Crippen LogP contribution < -0.4 is 5.32 Å². The summed E-state index contributed by atoms with van der Waals surface area (Å²) in [5.41, 5.74) is 0.0673. The number of phenols is 1. The van der Waals surface area contributed by atoms with Crippen molar-refractivity contribution in [3.8, 4) is 5.75 Å². The van der Waals surface area contributed by atoms with Gasteiger partial charge in [0.05, 0.1) is 11.3 Å². The first kappa shape index (κ1) is 15.2. The predicted octanol–water partition coefficient (Wildman–Crippen LogP) is 2.60. The number of carboxylic acids is 1. The van der Waals surface area contributed by atoms with E-state index in [0.29, 0.717) is 24.9 Å². The van der Waals surface area contributed by atoms with Gasteiger partial charge in [0.1, 0.15) is 5.75 Å². The third-order valence-electron chi connectivity index (χ3n) is 3.63. The Labute approximate surface area is 123 Å². The molecule has 0 aliphatic carbocycles. The zero-order valence-electron chi connectivity index (χ0n) is 12.2. The van der Waals surface area contributed by atoms with Crippen molar-refractivity contribution in [1.29, 1.82) is 0 Å². The molecular weight excluding hydrogens is 272 g/mol. The zero-order chi connectivity index (χ0) is 15.6. The van der Waals surface area contributed by atoms with Crippen LogP contribution in [-0.4, -0.2) is 40.2 Å². The van der Waals surface area contributed by atoms with E-state index in [-0.39, 0.29) is 23.0 Å². The first-order valence-corrected chi connectivity index (χ1v) is 6.99. The second-order valence-corrected chi connectivity index (χ2v) is 5.82. The molecule has 0 saturated carbocycles. The number of hydrogen-bond donors (Lipinski definition) is 3. The highest BCUT2D eigenvalue weighted by atomic mass is 16.4. The SMILES string of the molecule is CC1CC(C)CN(C(=O)Nc2ccc(O)cc2C(=O)O)C1. The Morgan fingerprint density at radius 3 is 2.43 bits per heavy atom. The molecule has 6 nitrogen and oxygen atoms in total. The third kappa shape index (κ3) is 3.65. The van der Waals surface area contributed by atoms with E-state index in [0.717, 1.165) is 12.5 Å². The normalized spacial score (nSPS) is 21.9. The highest BCUT2D eigenvalue weighted by Gasteiger charge is 2.26. The lowest BCUT2D eigenvalue weighted by molar-refractivity contribution is 0.0697. The monoisotopic (exact) mass is 292 g/mol. The third-order valence-corrected chi connectivity index (χ3v) is 3.63. The molecule has 2 atom stereocenters. The smallest absolute Gasteiger partial charge is 0.337 e. The van der Waals surface area contributed by atoms with E-state index < -0.39 is 5.97 Å². The number of carbonyl (C=O) groups is 2. The van der Waals surface area contributed by atoms with Crippen LogP contribution in [0.4, 0.5) is 10.5 Å². The highest BCUT2D eigenvalue weighted by molar-refractivity contribution is 6.00. The molecule has 1 aromatic carbocycles. The second-order valence-electron chi connectivity index (χ2n) is 5.82. The van der Waals surface area contributed by atoms with Crippen LogP contribution in [0.25, 0.3) is 0 Å². The number of likely N-dealkylation sites (tertiary alicyclic amines) is 1. The first-order chi connectivity index (χ1) is 9.86. The number of aromatic carboxylic acids is 1. The van der Waals surface area contributed by atoms with Crippen LogP contribution in [0.15, 0.2) is 18.2 Å². The van der Waals surface area contributed by atoms with Crippen molar-refractivity contribution in [2.24, 2.45) is 11.8 Å². The van der Waals surface area contributed by atoms with E-state index in [1.165, 1.54) is 12.1 Å². The fourth-order valence-electron chi connectivity index (χ4n) is 2.84. The number of amides is 2. The van der Waals surface area contributed by atoms with Crippen LogP contribution >= 0.6 is 0 Å². The van der Waals surface area contributed by atoms with Gasteiger partial charge in [-0.3, -0.25) is 0 Å². The molecule has 1 aromatic rings. The number of carbonyl (C=O) groups excluding carboxylic acids is 1. The molecule has 3 N–H and O–H groups in total. The maximum Gasteiger partial charge on any atom is 0.337 e. The molecule has 1 aliphatic rings. The van der Waals surface area contributed by atoms with Gasteiger partial charge in [-0.1, -0.05) is 13.8 Å². The molecule has 2 rings (SSSR count). The standard InChI is InChI=1S/C15H20N2O4/c1-9-5-10(2)8-17(7-9)15(21)16-13-4-3-11(18)6-12(13)14(19)20/h3-4,6,9-10,18H,5,7-8H2,1-2H3,(H,16,21)(H,19,20). The highest BCUT2D eigenvalue weighted by Crippen LogP contribution is 2.24. The number of carboxylic acid groups (broad SMARTS) is 1. The van der Waals surface area contributed by atoms with Gasteiger partial charge in [0.15, 0.2) is 0 Å². The summed E-state index contributed by atoms with van der Waals surface area (Å²) in [7, 11) is 0. The van der Waals surface area contributed by atoms with Crippen LogP contribution in [0, 0.1) is 11.8 Å². The molecule has 6 heteroatoms. The number of phenolic OH excluding ortho intramolecular Hbond substituents is 1. The summed E-state index contributed by atoms with van der Waals surface area (Å²) in [6, 6.07) is 3.57. The second kappa shape index (κ2) is 6.03. The summed E-state index contributed by atoms with van der Waals surface area (Å²) in [4.78, 5) is 25.1. The van der Waals surface area contributed by atoms with E-state index in [9.17, 15) is 14.7 Å². The Bertz CT molecular complexity index is 549. The number of benzene rings is 1. The number of nitrogens with zero attached hydrogens (tertiary/aromatic N) is 1. The molecule has 114 valence electrons. The van der Waals surface area contributed by atoms with Crippen LogP contribution in [0.5, 0.6) is 5.75 Å². The lowest BCUT2D eigenvalue weighted by Gasteiger charge is -2.35. The molecule has 0 aromatic heterocycles. The topological polar surface area (TPSA) is 89.9 Å². The fraction of sp³-hybridized carbons (Fsp3) is 0.467. The van der Waals surface area contributed by atoms with Gasteiger partial charge in [-0.2, -0.15) is 0 Å². The first-order valence-electron chi connectivity index (χ1n) is 6.99. The molecule has 21 heavy (non-hydrogen) atoms.